The first-order chi connectivity index (χ1) is 13.1. The number of hydrogen-bond donors (Lipinski definition) is 1. The predicted octanol–water partition coefficient (Wildman–Crippen LogP) is 2.83. The molecule has 1 aliphatic heterocycles. The molecule has 6 heteroatoms. The molecular weight excluding hydrogens is 338 g/mol. The molecule has 4 rings (SSSR count). The highest BCUT2D eigenvalue weighted by atomic mass is 16.1. The number of fused-ring (bicyclic) bond motifs is 1. The molecule has 0 atom stereocenters. The molecular formula is C21H25N5O. The second-order valence-electron chi connectivity index (χ2n) is 7.18. The van der Waals surface area contributed by atoms with Crippen molar-refractivity contribution in [3.05, 3.63) is 69.2 Å². The molecule has 0 radical (unpaired) electrons. The highest BCUT2D eigenvalue weighted by Crippen LogP contribution is 2.22. The molecule has 0 saturated heterocycles. The number of H-pyrrole nitrogens is 1. The van der Waals surface area contributed by atoms with E-state index in [9.17, 15) is 4.79 Å². The van der Waals surface area contributed by atoms with Crippen molar-refractivity contribution in [3.8, 4) is 11.4 Å². The van der Waals surface area contributed by atoms with E-state index in [4.69, 9.17) is 4.98 Å². The second kappa shape index (κ2) is 7.12. The molecule has 6 nitrogen and oxygen atoms in total. The highest BCUT2D eigenvalue weighted by molar-refractivity contribution is 5.53. The Labute approximate surface area is 158 Å². The zero-order chi connectivity index (χ0) is 19.0. The van der Waals surface area contributed by atoms with Gasteiger partial charge in [0, 0.05) is 61.9 Å². The Hall–Kier alpha value is -2.73. The van der Waals surface area contributed by atoms with Gasteiger partial charge in [0.25, 0.3) is 5.56 Å². The van der Waals surface area contributed by atoms with Gasteiger partial charge in [0.05, 0.1) is 11.3 Å². The molecule has 0 fully saturated rings. The maximum absolute atomic E-state index is 12.7. The number of nitrogens with zero attached hydrogens (tertiary/aromatic N) is 4. The van der Waals surface area contributed by atoms with Crippen LogP contribution in [-0.4, -0.2) is 31.0 Å². The molecule has 4 heterocycles. The number of aryl methyl sites for hydroxylation is 1. The van der Waals surface area contributed by atoms with Crippen molar-refractivity contribution in [1.29, 1.82) is 0 Å². The van der Waals surface area contributed by atoms with E-state index in [0.717, 1.165) is 42.9 Å². The van der Waals surface area contributed by atoms with Crippen molar-refractivity contribution >= 4 is 0 Å². The monoisotopic (exact) mass is 363 g/mol. The Bertz CT molecular complexity index is 1020. The van der Waals surface area contributed by atoms with E-state index in [1.165, 1.54) is 17.0 Å². The van der Waals surface area contributed by atoms with E-state index < -0.39 is 0 Å². The van der Waals surface area contributed by atoms with Crippen molar-refractivity contribution in [2.75, 3.05) is 6.54 Å². The minimum absolute atomic E-state index is 0.0393. The molecule has 1 aliphatic rings. The molecule has 0 amide bonds. The first-order valence-corrected chi connectivity index (χ1v) is 9.47. The summed E-state index contributed by atoms with van der Waals surface area (Å²) in [4.78, 5) is 26.8. The van der Waals surface area contributed by atoms with Crippen LogP contribution in [0.5, 0.6) is 0 Å². The topological polar surface area (TPSA) is 66.8 Å². The molecule has 0 spiro atoms. The van der Waals surface area contributed by atoms with E-state index in [0.29, 0.717) is 12.4 Å². The number of aromatic nitrogens is 4. The second-order valence-corrected chi connectivity index (χ2v) is 7.18. The molecule has 3 aromatic heterocycles. The van der Waals surface area contributed by atoms with E-state index in [-0.39, 0.29) is 5.56 Å². The summed E-state index contributed by atoms with van der Waals surface area (Å²) in [6, 6.07) is 6.03. The van der Waals surface area contributed by atoms with Gasteiger partial charge in [-0.15, -0.1) is 0 Å². The van der Waals surface area contributed by atoms with Crippen molar-refractivity contribution in [2.24, 2.45) is 0 Å². The van der Waals surface area contributed by atoms with Crippen LogP contribution in [0.2, 0.25) is 0 Å². The number of aromatic amines is 1. The molecule has 0 bridgehead atoms. The van der Waals surface area contributed by atoms with Crippen LogP contribution in [0.15, 0.2) is 35.4 Å². The fourth-order valence-electron chi connectivity index (χ4n) is 4.02. The van der Waals surface area contributed by atoms with Crippen LogP contribution in [0.3, 0.4) is 0 Å². The average Bonchev–Trinajstić information content (AvgIpc) is 2.95. The molecule has 1 N–H and O–H groups in total. The maximum Gasteiger partial charge on any atom is 0.255 e. The lowest BCUT2D eigenvalue weighted by Crippen LogP contribution is -2.35. The first kappa shape index (κ1) is 17.7. The van der Waals surface area contributed by atoms with Crippen molar-refractivity contribution in [2.45, 2.75) is 46.8 Å². The average molecular weight is 363 g/mol. The molecule has 0 aromatic carbocycles. The van der Waals surface area contributed by atoms with Crippen molar-refractivity contribution in [3.63, 3.8) is 0 Å². The summed E-state index contributed by atoms with van der Waals surface area (Å²) < 4.78 is 2.34. The van der Waals surface area contributed by atoms with Crippen LogP contribution in [0.4, 0.5) is 0 Å². The summed E-state index contributed by atoms with van der Waals surface area (Å²) >= 11 is 0. The fourth-order valence-corrected chi connectivity index (χ4v) is 4.02. The van der Waals surface area contributed by atoms with Gasteiger partial charge in [-0.25, -0.2) is 4.98 Å². The minimum Gasteiger partial charge on any atom is -0.349 e. The zero-order valence-electron chi connectivity index (χ0n) is 16.1. The normalized spacial score (nSPS) is 14.3. The number of rotatable bonds is 4. The molecule has 3 aromatic rings. The Kier molecular flexibility index (Phi) is 4.66. The van der Waals surface area contributed by atoms with E-state index in [1.807, 2.05) is 12.1 Å². The van der Waals surface area contributed by atoms with Crippen LogP contribution >= 0.6 is 0 Å². The Balaban J connectivity index is 1.58. The third kappa shape index (κ3) is 3.32. The van der Waals surface area contributed by atoms with Crippen LogP contribution < -0.4 is 5.56 Å². The lowest BCUT2D eigenvalue weighted by molar-refractivity contribution is 0.241. The molecule has 0 saturated carbocycles. The summed E-state index contributed by atoms with van der Waals surface area (Å²) in [6.07, 6.45) is 4.23. The summed E-state index contributed by atoms with van der Waals surface area (Å²) in [5.74, 6) is 0.604. The van der Waals surface area contributed by atoms with E-state index in [2.05, 4.69) is 46.3 Å². The van der Waals surface area contributed by atoms with Gasteiger partial charge in [0.15, 0.2) is 0 Å². The molecule has 27 heavy (non-hydrogen) atoms. The van der Waals surface area contributed by atoms with Gasteiger partial charge in [0.1, 0.15) is 5.82 Å². The Morgan fingerprint density at radius 3 is 2.85 bits per heavy atom. The zero-order valence-corrected chi connectivity index (χ0v) is 16.1. The van der Waals surface area contributed by atoms with Gasteiger partial charge in [0.2, 0.25) is 0 Å². The van der Waals surface area contributed by atoms with Gasteiger partial charge in [-0.05, 0) is 44.5 Å². The van der Waals surface area contributed by atoms with Gasteiger partial charge < -0.3 is 9.55 Å². The van der Waals surface area contributed by atoms with E-state index in [1.54, 1.807) is 12.4 Å². The minimum atomic E-state index is -0.0393. The van der Waals surface area contributed by atoms with Crippen LogP contribution in [0.25, 0.3) is 11.4 Å². The highest BCUT2D eigenvalue weighted by Gasteiger charge is 2.22. The number of pyridine rings is 1. The van der Waals surface area contributed by atoms with Gasteiger partial charge >= 0.3 is 0 Å². The molecule has 0 unspecified atom stereocenters. The SMILES string of the molecule is CCn1c(C)cc(CN2CCc3nc(-c4cccnc4)[nH]c(=O)c3C2)c1C. The third-order valence-electron chi connectivity index (χ3n) is 5.47. The summed E-state index contributed by atoms with van der Waals surface area (Å²) in [6.45, 7) is 9.90. The summed E-state index contributed by atoms with van der Waals surface area (Å²) in [5.41, 5.74) is 6.46. The molecule has 0 aliphatic carbocycles. The first-order valence-electron chi connectivity index (χ1n) is 9.47. The van der Waals surface area contributed by atoms with Crippen LogP contribution in [0, 0.1) is 13.8 Å². The smallest absolute Gasteiger partial charge is 0.255 e. The lowest BCUT2D eigenvalue weighted by atomic mass is 10.1. The van der Waals surface area contributed by atoms with Gasteiger partial charge in [-0.2, -0.15) is 0 Å². The third-order valence-corrected chi connectivity index (χ3v) is 5.47. The fraction of sp³-hybridized carbons (Fsp3) is 0.381. The van der Waals surface area contributed by atoms with Crippen LogP contribution in [-0.2, 0) is 26.1 Å². The quantitative estimate of drug-likeness (QED) is 0.774. The van der Waals surface area contributed by atoms with Crippen molar-refractivity contribution in [1.82, 2.24) is 24.4 Å². The largest absolute Gasteiger partial charge is 0.349 e. The summed E-state index contributed by atoms with van der Waals surface area (Å²) in [7, 11) is 0. The van der Waals surface area contributed by atoms with Crippen molar-refractivity contribution < 1.29 is 0 Å². The standard InChI is InChI=1S/C21H25N5O/c1-4-26-14(2)10-17(15(26)3)12-25-9-7-19-18(13-25)21(27)24-20(23-19)16-6-5-8-22-11-16/h5-6,8,10-11H,4,7,9,12-13H2,1-3H3,(H,23,24,27). The van der Waals surface area contributed by atoms with Gasteiger partial charge in [-0.3, -0.25) is 14.7 Å². The van der Waals surface area contributed by atoms with E-state index >= 15 is 0 Å². The summed E-state index contributed by atoms with van der Waals surface area (Å²) in [5, 5.41) is 0. The predicted molar refractivity (Wildman–Crippen MR) is 105 cm³/mol. The van der Waals surface area contributed by atoms with Crippen LogP contribution in [0.1, 0.15) is 35.1 Å². The molecule has 140 valence electrons. The lowest BCUT2D eigenvalue weighted by Gasteiger charge is -2.27. The number of nitrogens with one attached hydrogen (secondary N) is 1. The Morgan fingerprint density at radius 2 is 2.15 bits per heavy atom. The maximum atomic E-state index is 12.7. The Morgan fingerprint density at radius 1 is 1.30 bits per heavy atom. The number of hydrogen-bond acceptors (Lipinski definition) is 4. The van der Waals surface area contributed by atoms with Gasteiger partial charge in [-0.1, -0.05) is 0 Å².